The van der Waals surface area contributed by atoms with Crippen LogP contribution in [0.25, 0.3) is 23.1 Å². The van der Waals surface area contributed by atoms with E-state index in [0.717, 1.165) is 0 Å². The molecular formula is C13H12ClN5O2. The molecule has 8 heteroatoms. The van der Waals surface area contributed by atoms with Crippen LogP contribution in [-0.4, -0.2) is 26.8 Å². The molecule has 0 bridgehead atoms. The minimum atomic E-state index is 0.284. The number of rotatable bonds is 3. The van der Waals surface area contributed by atoms with Crippen LogP contribution in [0.4, 0.5) is 5.69 Å². The molecule has 0 saturated heterocycles. The molecule has 0 aliphatic rings. The average Bonchev–Trinajstić information content (AvgIpc) is 3.09. The maximum Gasteiger partial charge on any atom is 0.262 e. The van der Waals surface area contributed by atoms with E-state index in [4.69, 9.17) is 26.6 Å². The zero-order chi connectivity index (χ0) is 15.0. The lowest BCUT2D eigenvalue weighted by Gasteiger charge is -2.07. The van der Waals surface area contributed by atoms with E-state index in [2.05, 4.69) is 15.1 Å². The van der Waals surface area contributed by atoms with Crippen LogP contribution in [0.15, 0.2) is 29.0 Å². The lowest BCUT2D eigenvalue weighted by atomic mass is 10.2. The predicted molar refractivity (Wildman–Crippen MR) is 77.9 cm³/mol. The molecule has 2 N–H and O–H groups in total. The molecular weight excluding hydrogens is 294 g/mol. The summed E-state index contributed by atoms with van der Waals surface area (Å²) in [6.45, 7) is 0. The maximum atomic E-state index is 6.04. The summed E-state index contributed by atoms with van der Waals surface area (Å²) in [5, 5.41) is 4.32. The molecule has 0 atom stereocenters. The summed E-state index contributed by atoms with van der Waals surface area (Å²) >= 11 is 6.04. The summed E-state index contributed by atoms with van der Waals surface area (Å²) in [5.41, 5.74) is 6.74. The van der Waals surface area contributed by atoms with E-state index in [1.807, 2.05) is 7.05 Å². The Morgan fingerprint density at radius 2 is 2.19 bits per heavy atom. The monoisotopic (exact) mass is 305 g/mol. The van der Waals surface area contributed by atoms with Gasteiger partial charge in [-0.2, -0.15) is 4.98 Å². The summed E-state index contributed by atoms with van der Waals surface area (Å²) in [6.07, 6.45) is 3.46. The Hall–Kier alpha value is -2.54. The number of nitrogens with zero attached hydrogens (tertiary/aromatic N) is 4. The SMILES string of the molecule is COc1cc(N)c(Cl)cc1-c1nc(-c2nccn2C)no1. The molecule has 0 aliphatic heterocycles. The number of ether oxygens (including phenoxy) is 1. The van der Waals surface area contributed by atoms with Crippen molar-refractivity contribution >= 4 is 17.3 Å². The molecule has 0 unspecified atom stereocenters. The molecule has 0 radical (unpaired) electrons. The average molecular weight is 306 g/mol. The van der Waals surface area contributed by atoms with Crippen molar-refractivity contribution in [1.82, 2.24) is 19.7 Å². The van der Waals surface area contributed by atoms with Crippen molar-refractivity contribution in [1.29, 1.82) is 0 Å². The normalized spacial score (nSPS) is 10.8. The molecule has 0 aliphatic carbocycles. The van der Waals surface area contributed by atoms with Crippen molar-refractivity contribution in [2.45, 2.75) is 0 Å². The van der Waals surface area contributed by atoms with Crippen molar-refractivity contribution < 1.29 is 9.26 Å². The number of imidazole rings is 1. The zero-order valence-corrected chi connectivity index (χ0v) is 12.1. The van der Waals surface area contributed by atoms with E-state index in [-0.39, 0.29) is 5.89 Å². The molecule has 21 heavy (non-hydrogen) atoms. The van der Waals surface area contributed by atoms with Crippen LogP contribution in [-0.2, 0) is 7.05 Å². The Bertz CT molecular complexity index is 796. The zero-order valence-electron chi connectivity index (χ0n) is 11.4. The van der Waals surface area contributed by atoms with Crippen LogP contribution in [0, 0.1) is 0 Å². The molecule has 3 aromatic rings. The van der Waals surface area contributed by atoms with Gasteiger partial charge in [0.05, 0.1) is 23.4 Å². The standard InChI is InChI=1S/C13H12ClN5O2/c1-19-4-3-16-12(19)11-17-13(21-18-11)7-5-8(14)9(15)6-10(7)20-2/h3-6H,15H2,1-2H3. The van der Waals surface area contributed by atoms with E-state index in [1.165, 1.54) is 7.11 Å². The number of benzene rings is 1. The van der Waals surface area contributed by atoms with E-state index < -0.39 is 0 Å². The van der Waals surface area contributed by atoms with Crippen molar-refractivity contribution in [3.05, 3.63) is 29.5 Å². The van der Waals surface area contributed by atoms with Crippen LogP contribution in [0.2, 0.25) is 5.02 Å². The van der Waals surface area contributed by atoms with Gasteiger partial charge in [0, 0.05) is 25.5 Å². The fraction of sp³-hybridized carbons (Fsp3) is 0.154. The fourth-order valence-electron chi connectivity index (χ4n) is 1.91. The predicted octanol–water partition coefficient (Wildman–Crippen LogP) is 2.38. The number of nitrogen functional groups attached to an aromatic ring is 1. The summed E-state index contributed by atoms with van der Waals surface area (Å²) in [6, 6.07) is 3.24. The van der Waals surface area contributed by atoms with E-state index in [0.29, 0.717) is 33.7 Å². The van der Waals surface area contributed by atoms with Gasteiger partial charge in [0.15, 0.2) is 5.82 Å². The van der Waals surface area contributed by atoms with Gasteiger partial charge in [-0.05, 0) is 6.07 Å². The molecule has 0 fully saturated rings. The van der Waals surface area contributed by atoms with Crippen molar-refractivity contribution in [3.8, 4) is 28.9 Å². The van der Waals surface area contributed by atoms with Crippen LogP contribution < -0.4 is 10.5 Å². The van der Waals surface area contributed by atoms with Crippen LogP contribution in [0.5, 0.6) is 5.75 Å². The number of hydrogen-bond acceptors (Lipinski definition) is 6. The van der Waals surface area contributed by atoms with E-state index in [9.17, 15) is 0 Å². The number of aromatic nitrogens is 4. The molecule has 0 spiro atoms. The third-order valence-corrected chi connectivity index (χ3v) is 3.32. The number of methoxy groups -OCH3 is 1. The van der Waals surface area contributed by atoms with Crippen LogP contribution in [0.3, 0.4) is 0 Å². The Labute approximate surface area is 125 Å². The third-order valence-electron chi connectivity index (χ3n) is 3.00. The van der Waals surface area contributed by atoms with Crippen LogP contribution >= 0.6 is 11.6 Å². The first kappa shape index (κ1) is 13.4. The van der Waals surface area contributed by atoms with Crippen molar-refractivity contribution in [2.24, 2.45) is 7.05 Å². The summed E-state index contributed by atoms with van der Waals surface area (Å²) in [7, 11) is 3.38. The first-order valence-electron chi connectivity index (χ1n) is 6.05. The van der Waals surface area contributed by atoms with Gasteiger partial charge in [-0.3, -0.25) is 0 Å². The molecule has 3 rings (SSSR count). The molecule has 2 aromatic heterocycles. The van der Waals surface area contributed by atoms with Gasteiger partial charge < -0.3 is 19.6 Å². The summed E-state index contributed by atoms with van der Waals surface area (Å²) in [4.78, 5) is 8.49. The quantitative estimate of drug-likeness (QED) is 0.747. The minimum absolute atomic E-state index is 0.284. The van der Waals surface area contributed by atoms with Crippen molar-refractivity contribution in [2.75, 3.05) is 12.8 Å². The summed E-state index contributed by atoms with van der Waals surface area (Å²) in [5.74, 6) is 1.77. The Morgan fingerprint density at radius 3 is 2.86 bits per heavy atom. The number of hydrogen-bond donors (Lipinski definition) is 1. The molecule has 1 aromatic carbocycles. The second-order valence-corrected chi connectivity index (χ2v) is 4.77. The highest BCUT2D eigenvalue weighted by Gasteiger charge is 2.18. The van der Waals surface area contributed by atoms with Gasteiger partial charge in [-0.25, -0.2) is 4.98 Å². The Balaban J connectivity index is 2.08. The summed E-state index contributed by atoms with van der Waals surface area (Å²) < 4.78 is 12.3. The molecule has 2 heterocycles. The smallest absolute Gasteiger partial charge is 0.262 e. The Morgan fingerprint density at radius 1 is 1.38 bits per heavy atom. The first-order valence-corrected chi connectivity index (χ1v) is 6.42. The molecule has 0 saturated carbocycles. The van der Waals surface area contributed by atoms with E-state index in [1.54, 1.807) is 29.1 Å². The van der Waals surface area contributed by atoms with Crippen LogP contribution in [0.1, 0.15) is 0 Å². The number of aryl methyl sites for hydroxylation is 1. The highest BCUT2D eigenvalue weighted by Crippen LogP contribution is 2.35. The fourth-order valence-corrected chi connectivity index (χ4v) is 2.07. The molecule has 0 amide bonds. The highest BCUT2D eigenvalue weighted by atomic mass is 35.5. The van der Waals surface area contributed by atoms with Gasteiger partial charge in [0.25, 0.3) is 5.89 Å². The number of nitrogens with two attached hydrogens (primary N) is 1. The van der Waals surface area contributed by atoms with Gasteiger partial charge in [-0.1, -0.05) is 16.8 Å². The lowest BCUT2D eigenvalue weighted by Crippen LogP contribution is -1.94. The minimum Gasteiger partial charge on any atom is -0.496 e. The lowest BCUT2D eigenvalue weighted by molar-refractivity contribution is 0.405. The number of halogens is 1. The van der Waals surface area contributed by atoms with Gasteiger partial charge in [-0.15, -0.1) is 0 Å². The Kier molecular flexibility index (Phi) is 3.26. The highest BCUT2D eigenvalue weighted by molar-refractivity contribution is 6.33. The van der Waals surface area contributed by atoms with Gasteiger partial charge >= 0.3 is 0 Å². The van der Waals surface area contributed by atoms with Gasteiger partial charge in [0.2, 0.25) is 5.82 Å². The largest absolute Gasteiger partial charge is 0.496 e. The second-order valence-electron chi connectivity index (χ2n) is 4.36. The van der Waals surface area contributed by atoms with E-state index >= 15 is 0 Å². The van der Waals surface area contributed by atoms with Crippen molar-refractivity contribution in [3.63, 3.8) is 0 Å². The third kappa shape index (κ3) is 2.31. The maximum absolute atomic E-state index is 6.04. The number of anilines is 1. The molecule has 7 nitrogen and oxygen atoms in total. The first-order chi connectivity index (χ1) is 10.1. The van der Waals surface area contributed by atoms with Gasteiger partial charge in [0.1, 0.15) is 5.75 Å². The molecule has 108 valence electrons. The topological polar surface area (TPSA) is 92.0 Å². The second kappa shape index (κ2) is 5.10.